The van der Waals surface area contributed by atoms with Gasteiger partial charge in [0, 0.05) is 30.5 Å². The van der Waals surface area contributed by atoms with Crippen molar-refractivity contribution in [2.75, 3.05) is 6.54 Å². The molecular formula is C43H43N3. The molecule has 0 aromatic heterocycles. The minimum absolute atomic E-state index is 0.133. The largest absolute Gasteiger partial charge is 0.387 e. The van der Waals surface area contributed by atoms with Crippen LogP contribution in [0.1, 0.15) is 37.7 Å². The van der Waals surface area contributed by atoms with Crippen LogP contribution in [0, 0.1) is 11.3 Å². The molecule has 0 saturated heterocycles. The zero-order valence-corrected chi connectivity index (χ0v) is 26.5. The topological polar surface area (TPSA) is 48.2 Å². The fraction of sp³-hybridized carbons (Fsp3) is 0.163. The highest BCUT2D eigenvalue weighted by Crippen LogP contribution is 2.32. The summed E-state index contributed by atoms with van der Waals surface area (Å²) in [4.78, 5) is 4.62. The standard InChI is InChI=1S/C43H43N3/c1-33(36-16-9-6-4-3-5-7-10-17-36)22-23-34(2)43(44)46-32-42(39-26-24-38(25-27-39)37-18-11-8-12-19-37)30-35-15-13-20-40(29-35)41-21-14-28-45-31-41/h3-11,13-14,16-18,20-24,26,29-32,35,44-45H,1-2,12,15,19,25,27-28H2/b4-3?,5-3?,6-4?,7-5?,9-6?,10-7?,16-9?,17-10?,23-22-,36-16?,36-17?,42-30-,44-43?,46-32-. The SMILES string of the molecule is C=C(/C=C\C(=C)c1ccccccccc1)C(=N)/N=C\C(=C\C1C=C(C2=CNCC=C2)C=CC1)C1=CC=C(C2=CC=CCC2)CC1. The Morgan fingerprint density at radius 2 is 1.59 bits per heavy atom. The van der Waals surface area contributed by atoms with Gasteiger partial charge < -0.3 is 5.32 Å². The van der Waals surface area contributed by atoms with E-state index in [2.05, 4.69) is 96.5 Å². The van der Waals surface area contributed by atoms with Gasteiger partial charge >= 0.3 is 0 Å². The third-order valence-electron chi connectivity index (χ3n) is 8.28. The lowest BCUT2D eigenvalue weighted by molar-refractivity contribution is 0.805. The first-order valence-corrected chi connectivity index (χ1v) is 16.1. The molecule has 5 rings (SSSR count). The van der Waals surface area contributed by atoms with E-state index >= 15 is 0 Å². The number of amidine groups is 1. The summed E-state index contributed by atoms with van der Waals surface area (Å²) >= 11 is 0. The van der Waals surface area contributed by atoms with Gasteiger partial charge in [0.1, 0.15) is 0 Å². The van der Waals surface area contributed by atoms with Crippen LogP contribution in [-0.4, -0.2) is 18.6 Å². The molecule has 1 aliphatic heterocycles. The zero-order valence-electron chi connectivity index (χ0n) is 26.5. The smallest absolute Gasteiger partial charge is 0.151 e. The molecule has 46 heavy (non-hydrogen) atoms. The van der Waals surface area contributed by atoms with E-state index < -0.39 is 0 Å². The van der Waals surface area contributed by atoms with Crippen molar-refractivity contribution < 1.29 is 0 Å². The highest BCUT2D eigenvalue weighted by Gasteiger charge is 2.16. The van der Waals surface area contributed by atoms with Crippen molar-refractivity contribution >= 4 is 17.6 Å². The van der Waals surface area contributed by atoms with E-state index in [1.54, 1.807) is 0 Å². The van der Waals surface area contributed by atoms with E-state index in [4.69, 9.17) is 5.41 Å². The van der Waals surface area contributed by atoms with Crippen molar-refractivity contribution in [3.8, 4) is 0 Å². The van der Waals surface area contributed by atoms with Gasteiger partial charge in [-0.25, -0.2) is 4.99 Å². The molecule has 1 heterocycles. The number of hydrogen-bond acceptors (Lipinski definition) is 2. The highest BCUT2D eigenvalue weighted by atomic mass is 14.8. The summed E-state index contributed by atoms with van der Waals surface area (Å²) in [6, 6.07) is 18.0. The van der Waals surface area contributed by atoms with Crippen LogP contribution >= 0.6 is 0 Å². The van der Waals surface area contributed by atoms with E-state index in [1.807, 2.05) is 73.0 Å². The normalized spacial score (nSPS) is 19.3. The molecule has 1 atom stereocenters. The molecule has 0 spiro atoms. The van der Waals surface area contributed by atoms with Crippen LogP contribution in [0.2, 0.25) is 0 Å². The number of hydrogen-bond donors (Lipinski definition) is 2. The van der Waals surface area contributed by atoms with Crippen molar-refractivity contribution in [1.82, 2.24) is 5.32 Å². The fourth-order valence-electron chi connectivity index (χ4n) is 5.65. The first-order valence-electron chi connectivity index (χ1n) is 16.1. The first kappa shape index (κ1) is 32.1. The van der Waals surface area contributed by atoms with Crippen molar-refractivity contribution in [3.63, 3.8) is 0 Å². The zero-order chi connectivity index (χ0) is 32.0. The van der Waals surface area contributed by atoms with Gasteiger partial charge in [-0.1, -0.05) is 147 Å². The van der Waals surface area contributed by atoms with E-state index in [-0.39, 0.29) is 11.8 Å². The average Bonchev–Trinajstić information content (AvgIpc) is 3.12. The Balaban J connectivity index is 1.36. The molecule has 2 N–H and O–H groups in total. The summed E-state index contributed by atoms with van der Waals surface area (Å²) in [5.74, 6) is 0.363. The Hall–Kier alpha value is -5.28. The molecule has 3 nitrogen and oxygen atoms in total. The van der Waals surface area contributed by atoms with Gasteiger partial charge in [0.25, 0.3) is 0 Å². The van der Waals surface area contributed by atoms with Gasteiger partial charge in [-0.3, -0.25) is 5.41 Å². The summed E-state index contributed by atoms with van der Waals surface area (Å²) in [5.41, 5.74) is 9.94. The van der Waals surface area contributed by atoms with Crippen LogP contribution in [0.4, 0.5) is 0 Å². The second-order valence-electron chi connectivity index (χ2n) is 11.6. The lowest BCUT2D eigenvalue weighted by atomic mass is 9.85. The maximum absolute atomic E-state index is 8.71. The maximum Gasteiger partial charge on any atom is 0.151 e. The van der Waals surface area contributed by atoms with Gasteiger partial charge in [-0.05, 0) is 76.7 Å². The summed E-state index contributed by atoms with van der Waals surface area (Å²) < 4.78 is 0. The third kappa shape index (κ3) is 9.36. The molecule has 0 bridgehead atoms. The Labute approximate surface area is 274 Å². The van der Waals surface area contributed by atoms with Crippen LogP contribution in [0.25, 0.3) is 5.57 Å². The molecule has 1 aromatic rings. The Morgan fingerprint density at radius 3 is 2.28 bits per heavy atom. The van der Waals surface area contributed by atoms with Gasteiger partial charge in [-0.15, -0.1) is 0 Å². The number of nitrogens with one attached hydrogen (secondary N) is 2. The molecule has 3 heteroatoms. The average molecular weight is 602 g/mol. The van der Waals surface area contributed by atoms with Crippen molar-refractivity contribution in [2.24, 2.45) is 10.9 Å². The lowest BCUT2D eigenvalue weighted by Crippen LogP contribution is -2.11. The molecule has 0 fully saturated rings. The molecule has 3 aliphatic carbocycles. The predicted molar refractivity (Wildman–Crippen MR) is 198 cm³/mol. The Bertz CT molecular complexity index is 1730. The minimum Gasteiger partial charge on any atom is -0.387 e. The van der Waals surface area contributed by atoms with Crippen molar-refractivity contribution in [1.29, 1.82) is 5.41 Å². The monoisotopic (exact) mass is 601 g/mol. The van der Waals surface area contributed by atoms with Crippen LogP contribution in [0.3, 0.4) is 0 Å². The Kier molecular flexibility index (Phi) is 11.7. The van der Waals surface area contributed by atoms with Crippen LogP contribution in [0.15, 0.2) is 197 Å². The second kappa shape index (κ2) is 16.7. The molecule has 0 radical (unpaired) electrons. The summed E-state index contributed by atoms with van der Waals surface area (Å²) in [6.45, 7) is 9.23. The highest BCUT2D eigenvalue weighted by molar-refractivity contribution is 6.05. The Morgan fingerprint density at radius 1 is 0.826 bits per heavy atom. The number of allylic oxidation sites excluding steroid dienone is 18. The third-order valence-corrected chi connectivity index (χ3v) is 8.28. The molecule has 0 saturated carbocycles. The molecule has 4 aliphatic rings. The van der Waals surface area contributed by atoms with Gasteiger partial charge in [0.05, 0.1) is 0 Å². The summed E-state index contributed by atoms with van der Waals surface area (Å²) in [6.07, 6.45) is 37.4. The molecule has 0 amide bonds. The van der Waals surface area contributed by atoms with Gasteiger partial charge in [0.15, 0.2) is 5.84 Å². The van der Waals surface area contributed by atoms with Gasteiger partial charge in [-0.2, -0.15) is 0 Å². The molecular weight excluding hydrogens is 558 g/mol. The van der Waals surface area contributed by atoms with Crippen molar-refractivity contribution in [2.45, 2.75) is 32.1 Å². The van der Waals surface area contributed by atoms with Crippen LogP contribution < -0.4 is 5.32 Å². The maximum atomic E-state index is 8.71. The minimum atomic E-state index is 0.133. The van der Waals surface area contributed by atoms with E-state index in [1.165, 1.54) is 27.9 Å². The second-order valence-corrected chi connectivity index (χ2v) is 11.6. The van der Waals surface area contributed by atoms with Crippen LogP contribution in [0.5, 0.6) is 0 Å². The number of rotatable bonds is 9. The van der Waals surface area contributed by atoms with Crippen LogP contribution in [-0.2, 0) is 0 Å². The van der Waals surface area contributed by atoms with E-state index in [0.717, 1.165) is 55.4 Å². The quantitative estimate of drug-likeness (QED) is 0.165. The van der Waals surface area contributed by atoms with E-state index in [0.29, 0.717) is 5.57 Å². The summed E-state index contributed by atoms with van der Waals surface area (Å²) in [7, 11) is 0. The molecule has 230 valence electrons. The van der Waals surface area contributed by atoms with Gasteiger partial charge in [0.2, 0.25) is 0 Å². The van der Waals surface area contributed by atoms with E-state index in [9.17, 15) is 0 Å². The number of aliphatic imine (C=N–C) groups is 1. The number of nitrogens with zero attached hydrogens (tertiary/aromatic N) is 1. The lowest BCUT2D eigenvalue weighted by Gasteiger charge is -2.21. The van der Waals surface area contributed by atoms with Crippen molar-refractivity contribution in [3.05, 3.63) is 198 Å². The first-order chi connectivity index (χ1) is 22.6. The fourth-order valence-corrected chi connectivity index (χ4v) is 5.65. The predicted octanol–water partition coefficient (Wildman–Crippen LogP) is 10.4. The molecule has 1 aromatic carbocycles. The molecule has 1 unspecified atom stereocenters. The summed E-state index contributed by atoms with van der Waals surface area (Å²) in [5, 5.41) is 12.0. The number of dihydropyridines is 1.